The highest BCUT2D eigenvalue weighted by Crippen LogP contribution is 2.35. The van der Waals surface area contributed by atoms with Gasteiger partial charge < -0.3 is 20.1 Å². The van der Waals surface area contributed by atoms with E-state index in [-0.39, 0.29) is 30.5 Å². The number of amides is 1. The average molecular weight is 355 g/mol. The van der Waals surface area contributed by atoms with Gasteiger partial charge in [0.05, 0.1) is 12.6 Å². The number of halogens is 1. The van der Waals surface area contributed by atoms with Crippen molar-refractivity contribution in [3.8, 4) is 11.5 Å². The topological polar surface area (TPSA) is 59.6 Å². The molecule has 1 aromatic rings. The molecular formula is C18H27ClN2O3. The maximum atomic E-state index is 12.3. The minimum Gasteiger partial charge on any atom is -0.494 e. The van der Waals surface area contributed by atoms with Gasteiger partial charge in [0.1, 0.15) is 17.6 Å². The third-order valence-corrected chi connectivity index (χ3v) is 4.46. The number of ether oxygens (including phenoxy) is 2. The maximum absolute atomic E-state index is 12.3. The zero-order chi connectivity index (χ0) is 16.2. The second-order valence-electron chi connectivity index (χ2n) is 6.35. The normalized spacial score (nSPS) is 22.1. The van der Waals surface area contributed by atoms with Crippen molar-refractivity contribution in [1.82, 2.24) is 10.6 Å². The fourth-order valence-corrected chi connectivity index (χ4v) is 3.29. The Kier molecular flexibility index (Phi) is 6.75. The fourth-order valence-electron chi connectivity index (χ4n) is 3.29. The Bertz CT molecular complexity index is 574. The summed E-state index contributed by atoms with van der Waals surface area (Å²) in [5, 5.41) is 6.31. The van der Waals surface area contributed by atoms with Crippen LogP contribution in [0.2, 0.25) is 0 Å². The van der Waals surface area contributed by atoms with Gasteiger partial charge in [0.25, 0.3) is 0 Å². The first-order valence-electron chi connectivity index (χ1n) is 8.63. The van der Waals surface area contributed by atoms with Crippen LogP contribution in [0.3, 0.4) is 0 Å². The number of piperidine rings is 1. The minimum absolute atomic E-state index is 0. The molecule has 134 valence electrons. The lowest BCUT2D eigenvalue weighted by Crippen LogP contribution is -2.46. The molecule has 2 aliphatic rings. The molecule has 2 atom stereocenters. The number of fused-ring (bicyclic) bond motifs is 1. The van der Waals surface area contributed by atoms with Crippen molar-refractivity contribution in [2.75, 3.05) is 13.2 Å². The van der Waals surface area contributed by atoms with Gasteiger partial charge >= 0.3 is 0 Å². The summed E-state index contributed by atoms with van der Waals surface area (Å²) in [4.78, 5) is 12.3. The van der Waals surface area contributed by atoms with Crippen LogP contribution >= 0.6 is 12.4 Å². The zero-order valence-electron chi connectivity index (χ0n) is 14.4. The van der Waals surface area contributed by atoms with Gasteiger partial charge in [0.15, 0.2) is 0 Å². The van der Waals surface area contributed by atoms with E-state index < -0.39 is 0 Å². The molecule has 2 heterocycles. The van der Waals surface area contributed by atoms with E-state index in [1.807, 2.05) is 13.0 Å². The Morgan fingerprint density at radius 1 is 1.42 bits per heavy atom. The molecule has 0 spiro atoms. The van der Waals surface area contributed by atoms with Gasteiger partial charge in [-0.25, -0.2) is 0 Å². The lowest BCUT2D eigenvalue weighted by molar-refractivity contribution is -0.123. The number of carbonyl (C=O) groups excluding carboxylic acids is 1. The van der Waals surface area contributed by atoms with E-state index in [0.29, 0.717) is 13.2 Å². The van der Waals surface area contributed by atoms with Crippen LogP contribution in [-0.4, -0.2) is 31.2 Å². The first-order valence-corrected chi connectivity index (χ1v) is 8.63. The van der Waals surface area contributed by atoms with Crippen LogP contribution in [0.15, 0.2) is 12.1 Å². The highest BCUT2D eigenvalue weighted by molar-refractivity contribution is 5.85. The van der Waals surface area contributed by atoms with Crippen LogP contribution in [0.25, 0.3) is 0 Å². The fraction of sp³-hybridized carbons (Fsp3) is 0.611. The summed E-state index contributed by atoms with van der Waals surface area (Å²) in [7, 11) is 0. The molecule has 0 saturated carbocycles. The number of hydrogen-bond acceptors (Lipinski definition) is 4. The van der Waals surface area contributed by atoms with Gasteiger partial charge in [0.2, 0.25) is 5.91 Å². The lowest BCUT2D eigenvalue weighted by atomic mass is 10.0. The molecule has 1 fully saturated rings. The zero-order valence-corrected chi connectivity index (χ0v) is 15.2. The molecule has 1 saturated heterocycles. The first kappa shape index (κ1) is 18.9. The minimum atomic E-state index is -0.0648. The standard InChI is InChI=1S/C18H26N2O3.ClH/c1-3-22-16-9-13-8-12(2)23-17(13)10-14(16)11-20-18(21)15-6-4-5-7-19-15;/h9-10,12,15,19H,3-8,11H2,1-2H3,(H,20,21);1H. The quantitative estimate of drug-likeness (QED) is 0.853. The van der Waals surface area contributed by atoms with E-state index in [1.54, 1.807) is 0 Å². The van der Waals surface area contributed by atoms with Crippen molar-refractivity contribution >= 4 is 18.3 Å². The summed E-state index contributed by atoms with van der Waals surface area (Å²) >= 11 is 0. The van der Waals surface area contributed by atoms with E-state index in [0.717, 1.165) is 49.3 Å². The third-order valence-electron chi connectivity index (χ3n) is 4.46. The molecule has 3 rings (SSSR count). The summed E-state index contributed by atoms with van der Waals surface area (Å²) in [6, 6.07) is 4.01. The average Bonchev–Trinajstić information content (AvgIpc) is 2.92. The smallest absolute Gasteiger partial charge is 0.237 e. The van der Waals surface area contributed by atoms with E-state index in [4.69, 9.17) is 9.47 Å². The summed E-state index contributed by atoms with van der Waals surface area (Å²) in [6.07, 6.45) is 4.29. The monoisotopic (exact) mass is 354 g/mol. The highest BCUT2D eigenvalue weighted by Gasteiger charge is 2.23. The van der Waals surface area contributed by atoms with Crippen LogP contribution in [0.4, 0.5) is 0 Å². The van der Waals surface area contributed by atoms with Gasteiger partial charge in [0, 0.05) is 24.1 Å². The van der Waals surface area contributed by atoms with Crippen molar-refractivity contribution in [2.45, 2.75) is 58.2 Å². The van der Waals surface area contributed by atoms with Crippen molar-refractivity contribution in [1.29, 1.82) is 0 Å². The molecule has 2 aliphatic heterocycles. The van der Waals surface area contributed by atoms with E-state index >= 15 is 0 Å². The van der Waals surface area contributed by atoms with Gasteiger partial charge in [-0.3, -0.25) is 4.79 Å². The van der Waals surface area contributed by atoms with Gasteiger partial charge in [-0.05, 0) is 45.4 Å². The number of carbonyl (C=O) groups is 1. The van der Waals surface area contributed by atoms with Crippen LogP contribution < -0.4 is 20.1 Å². The predicted molar refractivity (Wildman–Crippen MR) is 96.1 cm³/mol. The molecule has 0 bridgehead atoms. The highest BCUT2D eigenvalue weighted by atomic mass is 35.5. The Balaban J connectivity index is 0.00000208. The summed E-state index contributed by atoms with van der Waals surface area (Å²) in [6.45, 7) is 6.04. The van der Waals surface area contributed by atoms with Crippen LogP contribution in [0, 0.1) is 0 Å². The Hall–Kier alpha value is -1.46. The van der Waals surface area contributed by atoms with Crippen molar-refractivity contribution in [3.05, 3.63) is 23.3 Å². The molecule has 1 aromatic carbocycles. The van der Waals surface area contributed by atoms with E-state index in [1.165, 1.54) is 5.56 Å². The molecule has 0 aromatic heterocycles. The molecule has 24 heavy (non-hydrogen) atoms. The Labute approximate surface area is 149 Å². The van der Waals surface area contributed by atoms with E-state index in [9.17, 15) is 4.79 Å². The summed E-state index contributed by atoms with van der Waals surface area (Å²) in [5.41, 5.74) is 2.16. The molecule has 6 heteroatoms. The second kappa shape index (κ2) is 8.58. The lowest BCUT2D eigenvalue weighted by Gasteiger charge is -2.23. The molecular weight excluding hydrogens is 328 g/mol. The predicted octanol–water partition coefficient (Wildman–Crippen LogP) is 2.59. The van der Waals surface area contributed by atoms with Crippen molar-refractivity contribution in [2.24, 2.45) is 0 Å². The Morgan fingerprint density at radius 3 is 2.96 bits per heavy atom. The summed E-state index contributed by atoms with van der Waals surface area (Å²) in [5.74, 6) is 1.84. The van der Waals surface area contributed by atoms with Crippen molar-refractivity contribution < 1.29 is 14.3 Å². The number of rotatable bonds is 5. The van der Waals surface area contributed by atoms with Gasteiger partial charge in [-0.15, -0.1) is 12.4 Å². The van der Waals surface area contributed by atoms with Gasteiger partial charge in [-0.1, -0.05) is 6.42 Å². The molecule has 0 radical (unpaired) electrons. The largest absolute Gasteiger partial charge is 0.494 e. The van der Waals surface area contributed by atoms with Gasteiger partial charge in [-0.2, -0.15) is 0 Å². The van der Waals surface area contributed by atoms with Crippen LogP contribution in [0.5, 0.6) is 11.5 Å². The number of hydrogen-bond donors (Lipinski definition) is 2. The van der Waals surface area contributed by atoms with Crippen LogP contribution in [0.1, 0.15) is 44.2 Å². The summed E-state index contributed by atoms with van der Waals surface area (Å²) < 4.78 is 11.6. The number of nitrogens with one attached hydrogen (secondary N) is 2. The molecule has 5 nitrogen and oxygen atoms in total. The molecule has 1 amide bonds. The first-order chi connectivity index (χ1) is 11.2. The Morgan fingerprint density at radius 2 is 2.25 bits per heavy atom. The molecule has 2 N–H and O–H groups in total. The maximum Gasteiger partial charge on any atom is 0.237 e. The van der Waals surface area contributed by atoms with Crippen molar-refractivity contribution in [3.63, 3.8) is 0 Å². The number of benzene rings is 1. The second-order valence-corrected chi connectivity index (χ2v) is 6.35. The third kappa shape index (κ3) is 4.33. The molecule has 2 unspecified atom stereocenters. The molecule has 0 aliphatic carbocycles. The van der Waals surface area contributed by atoms with E-state index in [2.05, 4.69) is 23.6 Å². The van der Waals surface area contributed by atoms with Crippen LogP contribution in [-0.2, 0) is 17.8 Å². The SMILES string of the molecule is CCOc1cc2c(cc1CNC(=O)C1CCCCN1)OC(C)C2.Cl.